The van der Waals surface area contributed by atoms with Gasteiger partial charge in [0.2, 0.25) is 15.9 Å². The van der Waals surface area contributed by atoms with E-state index in [1.165, 1.54) is 15.4 Å². The summed E-state index contributed by atoms with van der Waals surface area (Å²) in [6, 6.07) is 15.4. The maximum absolute atomic E-state index is 12.9. The van der Waals surface area contributed by atoms with E-state index in [0.29, 0.717) is 44.5 Å². The molecule has 1 aliphatic rings. The molecule has 0 bridgehead atoms. The van der Waals surface area contributed by atoms with E-state index in [9.17, 15) is 13.2 Å². The normalized spacial score (nSPS) is 14.6. The Kier molecular flexibility index (Phi) is 7.19. The third-order valence-corrected chi connectivity index (χ3v) is 8.60. The Bertz CT molecular complexity index is 1310. The summed E-state index contributed by atoms with van der Waals surface area (Å²) in [5.41, 5.74) is 3.99. The minimum Gasteiger partial charge on any atom is -0.339 e. The second kappa shape index (κ2) is 10.1. The molecule has 3 aromatic rings. The van der Waals surface area contributed by atoms with Crippen molar-refractivity contribution in [3.8, 4) is 0 Å². The van der Waals surface area contributed by atoms with E-state index in [1.54, 1.807) is 18.2 Å². The molecule has 4 rings (SSSR count). The molecule has 1 amide bonds. The van der Waals surface area contributed by atoms with Gasteiger partial charge in [-0.1, -0.05) is 50.3 Å². The van der Waals surface area contributed by atoms with E-state index in [4.69, 9.17) is 0 Å². The second-order valence-electron chi connectivity index (χ2n) is 8.51. The Morgan fingerprint density at radius 3 is 2.47 bits per heavy atom. The lowest BCUT2D eigenvalue weighted by Gasteiger charge is -2.26. The molecule has 2 aromatic carbocycles. The number of sulfonamides is 1. The molecule has 7 nitrogen and oxygen atoms in total. The SMILES string of the molecule is CCN(CC)S(=O)(=O)c1ccc2c(c1)nc(CCC(=O)N1CC=C(c3ccccc3)CC1)n2C. The standard InChI is InChI=1S/C26H32N4O3S/c1-4-30(5-2)34(32,33)22-11-12-24-23(19-22)27-25(28(24)3)13-14-26(31)29-17-15-21(16-18-29)20-9-7-6-8-10-20/h6-12,15,19H,4-5,13-14,16-18H2,1-3H3. The van der Waals surface area contributed by atoms with Gasteiger partial charge < -0.3 is 9.47 Å². The number of benzene rings is 2. The lowest BCUT2D eigenvalue weighted by molar-refractivity contribution is -0.130. The molecule has 2 heterocycles. The number of carbonyl (C=O) groups excluding carboxylic acids is 1. The first-order chi connectivity index (χ1) is 16.3. The van der Waals surface area contributed by atoms with Crippen LogP contribution in [0.25, 0.3) is 16.6 Å². The Morgan fingerprint density at radius 2 is 1.82 bits per heavy atom. The van der Waals surface area contributed by atoms with Crippen molar-refractivity contribution in [3.63, 3.8) is 0 Å². The van der Waals surface area contributed by atoms with Crippen LogP contribution in [0.1, 0.15) is 38.1 Å². The highest BCUT2D eigenvalue weighted by atomic mass is 32.2. The Labute approximate surface area is 201 Å². The molecule has 180 valence electrons. The number of nitrogens with zero attached hydrogens (tertiary/aromatic N) is 4. The lowest BCUT2D eigenvalue weighted by atomic mass is 9.99. The molecule has 0 N–H and O–H groups in total. The molecule has 0 spiro atoms. The topological polar surface area (TPSA) is 75.5 Å². The summed E-state index contributed by atoms with van der Waals surface area (Å²) in [6.45, 7) is 5.84. The fraction of sp³-hybridized carbons (Fsp3) is 0.385. The lowest BCUT2D eigenvalue weighted by Crippen LogP contribution is -2.34. The van der Waals surface area contributed by atoms with Crippen molar-refractivity contribution >= 4 is 32.5 Å². The first kappa shape index (κ1) is 24.2. The molecule has 0 radical (unpaired) electrons. The largest absolute Gasteiger partial charge is 0.339 e. The van der Waals surface area contributed by atoms with Crippen LogP contribution in [0.3, 0.4) is 0 Å². The van der Waals surface area contributed by atoms with Gasteiger partial charge in [-0.05, 0) is 35.8 Å². The van der Waals surface area contributed by atoms with E-state index in [0.717, 1.165) is 17.8 Å². The molecule has 8 heteroatoms. The molecule has 0 aliphatic carbocycles. The van der Waals surface area contributed by atoms with Crippen LogP contribution in [-0.2, 0) is 28.3 Å². The molecular weight excluding hydrogens is 448 g/mol. The first-order valence-electron chi connectivity index (χ1n) is 11.8. The maximum atomic E-state index is 12.9. The second-order valence-corrected chi connectivity index (χ2v) is 10.4. The quantitative estimate of drug-likeness (QED) is 0.491. The molecule has 0 unspecified atom stereocenters. The van der Waals surface area contributed by atoms with Crippen LogP contribution in [0.5, 0.6) is 0 Å². The average molecular weight is 481 g/mol. The van der Waals surface area contributed by atoms with Crippen molar-refractivity contribution in [1.82, 2.24) is 18.8 Å². The fourth-order valence-corrected chi connectivity index (χ4v) is 5.99. The summed E-state index contributed by atoms with van der Waals surface area (Å²) in [5.74, 6) is 0.887. The van der Waals surface area contributed by atoms with Gasteiger partial charge in [0.15, 0.2) is 0 Å². The van der Waals surface area contributed by atoms with Crippen LogP contribution >= 0.6 is 0 Å². The van der Waals surface area contributed by atoms with Gasteiger partial charge in [0.05, 0.1) is 15.9 Å². The van der Waals surface area contributed by atoms with Crippen molar-refractivity contribution in [2.75, 3.05) is 26.2 Å². The number of hydrogen-bond acceptors (Lipinski definition) is 4. The summed E-state index contributed by atoms with van der Waals surface area (Å²) in [5, 5.41) is 0. The van der Waals surface area contributed by atoms with Gasteiger partial charge in [-0.15, -0.1) is 0 Å². The van der Waals surface area contributed by atoms with Crippen LogP contribution in [0, 0.1) is 0 Å². The highest BCUT2D eigenvalue weighted by molar-refractivity contribution is 7.89. The van der Waals surface area contributed by atoms with Gasteiger partial charge in [0.25, 0.3) is 0 Å². The van der Waals surface area contributed by atoms with Crippen molar-refractivity contribution in [2.45, 2.75) is 38.0 Å². The van der Waals surface area contributed by atoms with Gasteiger partial charge in [-0.25, -0.2) is 13.4 Å². The predicted octanol–water partition coefficient (Wildman–Crippen LogP) is 3.85. The number of imidazole rings is 1. The third kappa shape index (κ3) is 4.79. The fourth-order valence-electron chi connectivity index (χ4n) is 4.51. The smallest absolute Gasteiger partial charge is 0.243 e. The van der Waals surface area contributed by atoms with Gasteiger partial charge >= 0.3 is 0 Å². The molecule has 1 aromatic heterocycles. The summed E-state index contributed by atoms with van der Waals surface area (Å²) in [7, 11) is -1.64. The maximum Gasteiger partial charge on any atom is 0.243 e. The Morgan fingerprint density at radius 1 is 1.09 bits per heavy atom. The molecule has 0 saturated carbocycles. The number of fused-ring (bicyclic) bond motifs is 1. The highest BCUT2D eigenvalue weighted by Crippen LogP contribution is 2.24. The minimum absolute atomic E-state index is 0.111. The monoisotopic (exact) mass is 480 g/mol. The van der Waals surface area contributed by atoms with Crippen molar-refractivity contribution in [3.05, 3.63) is 66.0 Å². The van der Waals surface area contributed by atoms with Gasteiger partial charge in [0.1, 0.15) is 5.82 Å². The zero-order valence-corrected chi connectivity index (χ0v) is 20.9. The molecule has 1 aliphatic heterocycles. The van der Waals surface area contributed by atoms with Crippen LogP contribution in [0.15, 0.2) is 59.5 Å². The molecule has 0 atom stereocenters. The molecule has 0 saturated heterocycles. The molecular formula is C26H32N4O3S. The van der Waals surface area contributed by atoms with Gasteiger partial charge in [-0.2, -0.15) is 4.31 Å². The number of hydrogen-bond donors (Lipinski definition) is 0. The zero-order chi connectivity index (χ0) is 24.3. The first-order valence-corrected chi connectivity index (χ1v) is 13.3. The summed E-state index contributed by atoms with van der Waals surface area (Å²) < 4.78 is 29.1. The van der Waals surface area contributed by atoms with E-state index in [-0.39, 0.29) is 10.8 Å². The minimum atomic E-state index is -3.54. The van der Waals surface area contributed by atoms with Crippen molar-refractivity contribution in [2.24, 2.45) is 7.05 Å². The number of carbonyl (C=O) groups is 1. The molecule has 0 fully saturated rings. The Balaban J connectivity index is 1.44. The summed E-state index contributed by atoms with van der Waals surface area (Å²) in [4.78, 5) is 19.6. The number of aryl methyl sites for hydroxylation is 2. The van der Waals surface area contributed by atoms with Crippen LogP contribution < -0.4 is 0 Å². The summed E-state index contributed by atoms with van der Waals surface area (Å²) in [6.07, 6.45) is 3.87. The van der Waals surface area contributed by atoms with E-state index >= 15 is 0 Å². The van der Waals surface area contributed by atoms with Crippen LogP contribution in [0.2, 0.25) is 0 Å². The highest BCUT2D eigenvalue weighted by Gasteiger charge is 2.23. The third-order valence-electron chi connectivity index (χ3n) is 6.56. The van der Waals surface area contributed by atoms with Gasteiger partial charge in [0, 0.05) is 46.1 Å². The van der Waals surface area contributed by atoms with Crippen LogP contribution in [0.4, 0.5) is 0 Å². The van der Waals surface area contributed by atoms with E-state index < -0.39 is 10.0 Å². The number of amides is 1. The van der Waals surface area contributed by atoms with Crippen LogP contribution in [-0.4, -0.2) is 59.3 Å². The summed E-state index contributed by atoms with van der Waals surface area (Å²) >= 11 is 0. The van der Waals surface area contributed by atoms with Gasteiger partial charge in [-0.3, -0.25) is 4.79 Å². The van der Waals surface area contributed by atoms with Crippen molar-refractivity contribution < 1.29 is 13.2 Å². The average Bonchev–Trinajstić information content (AvgIpc) is 3.18. The molecule has 34 heavy (non-hydrogen) atoms. The Hall–Kier alpha value is -2.97. The van der Waals surface area contributed by atoms with E-state index in [2.05, 4.69) is 23.2 Å². The zero-order valence-electron chi connectivity index (χ0n) is 20.1. The van der Waals surface area contributed by atoms with E-state index in [1.807, 2.05) is 48.6 Å². The number of aromatic nitrogens is 2. The van der Waals surface area contributed by atoms with Crippen molar-refractivity contribution in [1.29, 1.82) is 0 Å². The predicted molar refractivity (Wildman–Crippen MR) is 135 cm³/mol. The number of rotatable bonds is 8.